The second-order valence-corrected chi connectivity index (χ2v) is 3.37. The molecule has 1 aromatic heterocycles. The van der Waals surface area contributed by atoms with Crippen molar-refractivity contribution in [2.75, 3.05) is 5.32 Å². The van der Waals surface area contributed by atoms with E-state index >= 15 is 0 Å². The normalized spacial score (nSPS) is 10.3. The molecule has 15 heavy (non-hydrogen) atoms. The number of hydrogen-bond acceptors (Lipinski definition) is 2. The van der Waals surface area contributed by atoms with Crippen LogP contribution in [0, 0.1) is 12.7 Å². The van der Waals surface area contributed by atoms with Gasteiger partial charge in [-0.3, -0.25) is 0 Å². The summed E-state index contributed by atoms with van der Waals surface area (Å²) in [7, 11) is 0. The number of rotatable bonds is 3. The molecule has 4 heteroatoms. The molecule has 2 N–H and O–H groups in total. The summed E-state index contributed by atoms with van der Waals surface area (Å²) in [5, 5.41) is 3.14. The van der Waals surface area contributed by atoms with Crippen LogP contribution in [0.2, 0.25) is 0 Å². The zero-order chi connectivity index (χ0) is 10.7. The Morgan fingerprint density at radius 2 is 2.07 bits per heavy atom. The van der Waals surface area contributed by atoms with Crippen LogP contribution in [0.15, 0.2) is 30.5 Å². The van der Waals surface area contributed by atoms with E-state index < -0.39 is 0 Å². The van der Waals surface area contributed by atoms with Gasteiger partial charge in [0.05, 0.1) is 6.54 Å². The highest BCUT2D eigenvalue weighted by molar-refractivity contribution is 5.42. The lowest BCUT2D eigenvalue weighted by molar-refractivity contribution is 0.628. The van der Waals surface area contributed by atoms with Crippen LogP contribution in [0.25, 0.3) is 0 Å². The third-order valence-corrected chi connectivity index (χ3v) is 2.06. The molecule has 78 valence electrons. The Kier molecular flexibility index (Phi) is 2.67. The van der Waals surface area contributed by atoms with Crippen LogP contribution in [0.1, 0.15) is 11.5 Å². The van der Waals surface area contributed by atoms with E-state index in [0.717, 1.165) is 17.2 Å². The first-order chi connectivity index (χ1) is 7.24. The molecule has 0 aliphatic carbocycles. The summed E-state index contributed by atoms with van der Waals surface area (Å²) in [5.74, 6) is 0.645. The standard InChI is InChI=1S/C11H12FN3/c1-8-6-14-11(15-8)7-13-10-4-2-9(12)3-5-10/h2-6,13H,7H2,1H3,(H,14,15). The van der Waals surface area contributed by atoms with Gasteiger partial charge >= 0.3 is 0 Å². The third-order valence-electron chi connectivity index (χ3n) is 2.06. The van der Waals surface area contributed by atoms with E-state index in [0.29, 0.717) is 6.54 Å². The minimum absolute atomic E-state index is 0.227. The first kappa shape index (κ1) is 9.71. The first-order valence-electron chi connectivity index (χ1n) is 4.74. The van der Waals surface area contributed by atoms with Gasteiger partial charge in [-0.15, -0.1) is 0 Å². The Morgan fingerprint density at radius 1 is 1.33 bits per heavy atom. The van der Waals surface area contributed by atoms with E-state index in [1.165, 1.54) is 12.1 Å². The van der Waals surface area contributed by atoms with Crippen LogP contribution < -0.4 is 5.32 Å². The summed E-state index contributed by atoms with van der Waals surface area (Å²) in [6, 6.07) is 6.25. The van der Waals surface area contributed by atoms with Gasteiger partial charge in [0.1, 0.15) is 11.6 Å². The molecule has 0 fully saturated rings. The van der Waals surface area contributed by atoms with Gasteiger partial charge in [0, 0.05) is 17.6 Å². The van der Waals surface area contributed by atoms with E-state index in [2.05, 4.69) is 15.3 Å². The summed E-state index contributed by atoms with van der Waals surface area (Å²) in [6.07, 6.45) is 1.78. The van der Waals surface area contributed by atoms with E-state index in [9.17, 15) is 4.39 Å². The van der Waals surface area contributed by atoms with Gasteiger partial charge in [0.25, 0.3) is 0 Å². The van der Waals surface area contributed by atoms with Crippen molar-refractivity contribution in [3.05, 3.63) is 47.8 Å². The Hall–Kier alpha value is -1.84. The smallest absolute Gasteiger partial charge is 0.125 e. The topological polar surface area (TPSA) is 40.7 Å². The molecule has 0 atom stereocenters. The summed E-state index contributed by atoms with van der Waals surface area (Å²) >= 11 is 0. The molecule has 2 rings (SSSR count). The fraction of sp³-hybridized carbons (Fsp3) is 0.182. The van der Waals surface area contributed by atoms with Crippen molar-refractivity contribution in [2.45, 2.75) is 13.5 Å². The van der Waals surface area contributed by atoms with Crippen LogP contribution in [-0.2, 0) is 6.54 Å². The molecule has 0 spiro atoms. The maximum atomic E-state index is 12.6. The Morgan fingerprint density at radius 3 is 2.67 bits per heavy atom. The molecule has 3 nitrogen and oxygen atoms in total. The molecule has 0 aliphatic heterocycles. The highest BCUT2D eigenvalue weighted by atomic mass is 19.1. The molecule has 0 radical (unpaired) electrons. The van der Waals surface area contributed by atoms with Crippen molar-refractivity contribution in [3.8, 4) is 0 Å². The molecule has 0 saturated heterocycles. The summed E-state index contributed by atoms with van der Waals surface area (Å²) in [5.41, 5.74) is 1.91. The fourth-order valence-corrected chi connectivity index (χ4v) is 1.31. The number of H-pyrrole nitrogens is 1. The number of imidazole rings is 1. The lowest BCUT2D eigenvalue weighted by atomic mass is 10.3. The van der Waals surface area contributed by atoms with Gasteiger partial charge in [0.15, 0.2) is 0 Å². The lowest BCUT2D eigenvalue weighted by Crippen LogP contribution is -2.00. The zero-order valence-corrected chi connectivity index (χ0v) is 8.42. The minimum Gasteiger partial charge on any atom is -0.378 e. The number of aromatic nitrogens is 2. The minimum atomic E-state index is -0.227. The fourth-order valence-electron chi connectivity index (χ4n) is 1.31. The number of halogens is 1. The molecule has 0 amide bonds. The average molecular weight is 205 g/mol. The van der Waals surface area contributed by atoms with E-state index in [1.807, 2.05) is 6.92 Å². The van der Waals surface area contributed by atoms with E-state index in [1.54, 1.807) is 18.3 Å². The lowest BCUT2D eigenvalue weighted by Gasteiger charge is -2.03. The number of nitrogens with zero attached hydrogens (tertiary/aromatic N) is 1. The monoisotopic (exact) mass is 205 g/mol. The Labute approximate surface area is 87.4 Å². The van der Waals surface area contributed by atoms with Crippen molar-refractivity contribution in [1.82, 2.24) is 9.97 Å². The molecule has 1 heterocycles. The van der Waals surface area contributed by atoms with Crippen molar-refractivity contribution >= 4 is 5.69 Å². The quantitative estimate of drug-likeness (QED) is 0.808. The van der Waals surface area contributed by atoms with Crippen LogP contribution in [0.4, 0.5) is 10.1 Å². The van der Waals surface area contributed by atoms with Gasteiger partial charge in [-0.25, -0.2) is 9.37 Å². The largest absolute Gasteiger partial charge is 0.378 e. The Balaban J connectivity index is 1.96. The predicted molar refractivity (Wildman–Crippen MR) is 57.1 cm³/mol. The summed E-state index contributed by atoms with van der Waals surface area (Å²) in [6.45, 7) is 2.56. The number of anilines is 1. The molecule has 2 aromatic rings. The van der Waals surface area contributed by atoms with Crippen LogP contribution in [0.5, 0.6) is 0 Å². The van der Waals surface area contributed by atoms with Gasteiger partial charge in [-0.1, -0.05) is 0 Å². The maximum absolute atomic E-state index is 12.6. The van der Waals surface area contributed by atoms with Crippen LogP contribution in [0.3, 0.4) is 0 Å². The molecule has 0 saturated carbocycles. The number of nitrogens with one attached hydrogen (secondary N) is 2. The predicted octanol–water partition coefficient (Wildman–Crippen LogP) is 2.47. The number of hydrogen-bond donors (Lipinski definition) is 2. The highest BCUT2D eigenvalue weighted by Crippen LogP contribution is 2.09. The third kappa shape index (κ3) is 2.56. The summed E-state index contributed by atoms with van der Waals surface area (Å²) < 4.78 is 12.6. The highest BCUT2D eigenvalue weighted by Gasteiger charge is 1.97. The van der Waals surface area contributed by atoms with Crippen molar-refractivity contribution < 1.29 is 4.39 Å². The van der Waals surface area contributed by atoms with E-state index in [4.69, 9.17) is 0 Å². The van der Waals surface area contributed by atoms with Gasteiger partial charge in [0.2, 0.25) is 0 Å². The maximum Gasteiger partial charge on any atom is 0.125 e. The molecule has 0 unspecified atom stereocenters. The molecular formula is C11H12FN3. The molecular weight excluding hydrogens is 193 g/mol. The number of aromatic amines is 1. The number of aryl methyl sites for hydroxylation is 1. The second-order valence-electron chi connectivity index (χ2n) is 3.37. The van der Waals surface area contributed by atoms with Crippen LogP contribution >= 0.6 is 0 Å². The van der Waals surface area contributed by atoms with Crippen LogP contribution in [-0.4, -0.2) is 9.97 Å². The zero-order valence-electron chi connectivity index (χ0n) is 8.42. The second kappa shape index (κ2) is 4.13. The Bertz CT molecular complexity index is 433. The van der Waals surface area contributed by atoms with Crippen molar-refractivity contribution in [2.24, 2.45) is 0 Å². The SMILES string of the molecule is Cc1cnc(CNc2ccc(F)cc2)[nH]1. The number of benzene rings is 1. The molecule has 1 aromatic carbocycles. The molecule has 0 aliphatic rings. The van der Waals surface area contributed by atoms with Gasteiger partial charge in [-0.05, 0) is 31.2 Å². The van der Waals surface area contributed by atoms with Gasteiger partial charge in [-0.2, -0.15) is 0 Å². The summed E-state index contributed by atoms with van der Waals surface area (Å²) in [4.78, 5) is 7.27. The first-order valence-corrected chi connectivity index (χ1v) is 4.74. The van der Waals surface area contributed by atoms with E-state index in [-0.39, 0.29) is 5.82 Å². The van der Waals surface area contributed by atoms with Crippen molar-refractivity contribution in [1.29, 1.82) is 0 Å². The van der Waals surface area contributed by atoms with Gasteiger partial charge < -0.3 is 10.3 Å². The molecule has 0 bridgehead atoms. The van der Waals surface area contributed by atoms with Crippen molar-refractivity contribution in [3.63, 3.8) is 0 Å². The average Bonchev–Trinajstić information content (AvgIpc) is 2.64.